The molecule has 7 nitrogen and oxygen atoms in total. The number of rotatable bonds is 5. The molecule has 0 radical (unpaired) electrons. The predicted molar refractivity (Wildman–Crippen MR) is 98.6 cm³/mol. The molecule has 28 heavy (non-hydrogen) atoms. The Hall–Kier alpha value is -3.55. The Balaban J connectivity index is 1.40. The highest BCUT2D eigenvalue weighted by atomic mass is 19.1. The molecular weight excluding hydrogens is 361 g/mol. The van der Waals surface area contributed by atoms with Crippen molar-refractivity contribution < 1.29 is 14.0 Å². The van der Waals surface area contributed by atoms with Gasteiger partial charge in [-0.05, 0) is 29.8 Å². The average molecular weight is 379 g/mol. The van der Waals surface area contributed by atoms with Crippen molar-refractivity contribution in [3.05, 3.63) is 77.9 Å². The van der Waals surface area contributed by atoms with Gasteiger partial charge in [0, 0.05) is 19.6 Å². The SMILES string of the molecule is O=C1C(=O)N(Cc2cn(-c3ccc(F)cc3)nn2)CCN1Cc1ccccc1. The topological polar surface area (TPSA) is 71.3 Å². The molecular formula is C20H18FN5O2. The highest BCUT2D eigenvalue weighted by Gasteiger charge is 2.32. The largest absolute Gasteiger partial charge is 0.328 e. The number of amides is 2. The number of nitrogens with zero attached hydrogens (tertiary/aromatic N) is 5. The van der Waals surface area contributed by atoms with Gasteiger partial charge in [0.1, 0.15) is 11.5 Å². The van der Waals surface area contributed by atoms with Crippen LogP contribution in [0, 0.1) is 5.82 Å². The summed E-state index contributed by atoms with van der Waals surface area (Å²) in [4.78, 5) is 28.0. The summed E-state index contributed by atoms with van der Waals surface area (Å²) in [6.07, 6.45) is 1.67. The van der Waals surface area contributed by atoms with E-state index in [1.165, 1.54) is 21.7 Å². The zero-order valence-corrected chi connectivity index (χ0v) is 15.0. The van der Waals surface area contributed by atoms with Crippen molar-refractivity contribution in [1.29, 1.82) is 0 Å². The summed E-state index contributed by atoms with van der Waals surface area (Å²) < 4.78 is 14.5. The molecule has 8 heteroatoms. The zero-order valence-electron chi connectivity index (χ0n) is 15.0. The van der Waals surface area contributed by atoms with Crippen molar-refractivity contribution in [3.8, 4) is 5.69 Å². The summed E-state index contributed by atoms with van der Waals surface area (Å²) in [6, 6.07) is 15.4. The predicted octanol–water partition coefficient (Wildman–Crippen LogP) is 1.78. The van der Waals surface area contributed by atoms with E-state index in [1.54, 1.807) is 23.2 Å². The molecule has 0 spiro atoms. The normalized spacial score (nSPS) is 14.6. The van der Waals surface area contributed by atoms with E-state index in [0.717, 1.165) is 5.56 Å². The van der Waals surface area contributed by atoms with Crippen LogP contribution in [-0.4, -0.2) is 49.7 Å². The van der Waals surface area contributed by atoms with E-state index in [-0.39, 0.29) is 12.4 Å². The molecule has 1 aromatic heterocycles. The lowest BCUT2D eigenvalue weighted by Gasteiger charge is -2.33. The molecule has 1 saturated heterocycles. The zero-order chi connectivity index (χ0) is 19.5. The van der Waals surface area contributed by atoms with Gasteiger partial charge in [-0.25, -0.2) is 9.07 Å². The summed E-state index contributed by atoms with van der Waals surface area (Å²) in [5, 5.41) is 8.06. The van der Waals surface area contributed by atoms with E-state index in [2.05, 4.69) is 10.3 Å². The van der Waals surface area contributed by atoms with Crippen molar-refractivity contribution in [2.24, 2.45) is 0 Å². The van der Waals surface area contributed by atoms with Crippen LogP contribution in [-0.2, 0) is 22.7 Å². The molecule has 4 rings (SSSR count). The number of aromatic nitrogens is 3. The second kappa shape index (κ2) is 7.59. The number of benzene rings is 2. The van der Waals surface area contributed by atoms with Crippen LogP contribution in [0.15, 0.2) is 60.8 Å². The fourth-order valence-electron chi connectivity index (χ4n) is 3.11. The number of hydrogen-bond donors (Lipinski definition) is 0. The quantitative estimate of drug-likeness (QED) is 0.634. The summed E-state index contributed by atoms with van der Waals surface area (Å²) in [6.45, 7) is 1.51. The molecule has 0 unspecified atom stereocenters. The smallest absolute Gasteiger partial charge is 0.312 e. The molecule has 3 aromatic rings. The third-order valence-corrected chi connectivity index (χ3v) is 4.60. The minimum absolute atomic E-state index is 0.199. The minimum atomic E-state index is -0.543. The van der Waals surface area contributed by atoms with Gasteiger partial charge < -0.3 is 9.80 Å². The molecule has 0 aliphatic carbocycles. The Morgan fingerprint density at radius 3 is 2.18 bits per heavy atom. The second-order valence-electron chi connectivity index (χ2n) is 6.57. The summed E-state index contributed by atoms with van der Waals surface area (Å²) in [5.41, 5.74) is 2.21. The monoisotopic (exact) mass is 379 g/mol. The molecule has 1 aliphatic heterocycles. The van der Waals surface area contributed by atoms with E-state index in [4.69, 9.17) is 0 Å². The Bertz CT molecular complexity index is 987. The Morgan fingerprint density at radius 1 is 0.857 bits per heavy atom. The lowest BCUT2D eigenvalue weighted by molar-refractivity contribution is -0.156. The van der Waals surface area contributed by atoms with Crippen LogP contribution >= 0.6 is 0 Å². The Kier molecular flexibility index (Phi) is 4.84. The Labute approximate surface area is 161 Å². The van der Waals surface area contributed by atoms with Gasteiger partial charge in [-0.2, -0.15) is 0 Å². The summed E-state index contributed by atoms with van der Waals surface area (Å²) >= 11 is 0. The Morgan fingerprint density at radius 2 is 1.50 bits per heavy atom. The van der Waals surface area contributed by atoms with Crippen molar-refractivity contribution in [2.75, 3.05) is 13.1 Å². The van der Waals surface area contributed by atoms with E-state index < -0.39 is 11.8 Å². The van der Waals surface area contributed by atoms with Crippen LogP contribution in [0.5, 0.6) is 0 Å². The molecule has 2 amide bonds. The maximum absolute atomic E-state index is 13.0. The number of hydrogen-bond acceptors (Lipinski definition) is 4. The minimum Gasteiger partial charge on any atom is -0.328 e. The van der Waals surface area contributed by atoms with Crippen molar-refractivity contribution in [3.63, 3.8) is 0 Å². The first-order valence-corrected chi connectivity index (χ1v) is 8.89. The van der Waals surface area contributed by atoms with Crippen molar-refractivity contribution in [2.45, 2.75) is 13.1 Å². The summed E-state index contributed by atoms with van der Waals surface area (Å²) in [5.74, 6) is -1.39. The molecule has 142 valence electrons. The second-order valence-corrected chi connectivity index (χ2v) is 6.57. The van der Waals surface area contributed by atoms with Crippen LogP contribution in [0.25, 0.3) is 5.69 Å². The van der Waals surface area contributed by atoms with Gasteiger partial charge >= 0.3 is 11.8 Å². The van der Waals surface area contributed by atoms with Gasteiger partial charge in [0.15, 0.2) is 0 Å². The fourth-order valence-corrected chi connectivity index (χ4v) is 3.11. The van der Waals surface area contributed by atoms with Crippen molar-refractivity contribution >= 4 is 11.8 Å². The maximum atomic E-state index is 13.0. The van der Waals surface area contributed by atoms with E-state index in [9.17, 15) is 14.0 Å². The van der Waals surface area contributed by atoms with E-state index in [1.807, 2.05) is 30.3 Å². The van der Waals surface area contributed by atoms with Gasteiger partial charge in [0.05, 0.1) is 18.4 Å². The summed E-state index contributed by atoms with van der Waals surface area (Å²) in [7, 11) is 0. The van der Waals surface area contributed by atoms with Crippen LogP contribution in [0.1, 0.15) is 11.3 Å². The van der Waals surface area contributed by atoms with E-state index in [0.29, 0.717) is 31.0 Å². The number of halogens is 1. The standard InChI is InChI=1S/C20H18FN5O2/c21-16-6-8-18(9-7-16)26-14-17(22-23-26)13-25-11-10-24(19(27)20(25)28)12-15-4-2-1-3-5-15/h1-9,14H,10-13H2. The molecule has 0 saturated carbocycles. The highest BCUT2D eigenvalue weighted by Crippen LogP contribution is 2.14. The molecule has 0 atom stereocenters. The number of piperazine rings is 1. The first kappa shape index (κ1) is 17.8. The number of carbonyl (C=O) groups excluding carboxylic acids is 2. The van der Waals surface area contributed by atoms with E-state index >= 15 is 0 Å². The lowest BCUT2D eigenvalue weighted by Crippen LogP contribution is -2.53. The first-order chi connectivity index (χ1) is 13.6. The molecule has 0 bridgehead atoms. The lowest BCUT2D eigenvalue weighted by atomic mass is 10.2. The van der Waals surface area contributed by atoms with Crippen LogP contribution < -0.4 is 0 Å². The van der Waals surface area contributed by atoms with Gasteiger partial charge in [-0.15, -0.1) is 5.10 Å². The average Bonchev–Trinajstić information content (AvgIpc) is 3.18. The van der Waals surface area contributed by atoms with Crippen LogP contribution in [0.2, 0.25) is 0 Å². The maximum Gasteiger partial charge on any atom is 0.312 e. The molecule has 1 fully saturated rings. The third-order valence-electron chi connectivity index (χ3n) is 4.60. The molecule has 2 heterocycles. The van der Waals surface area contributed by atoms with Gasteiger partial charge in [-0.3, -0.25) is 9.59 Å². The molecule has 0 N–H and O–H groups in total. The van der Waals surface area contributed by atoms with Gasteiger partial charge in [0.2, 0.25) is 0 Å². The first-order valence-electron chi connectivity index (χ1n) is 8.89. The molecule has 2 aromatic carbocycles. The number of carbonyl (C=O) groups is 2. The van der Waals surface area contributed by atoms with Crippen LogP contribution in [0.3, 0.4) is 0 Å². The van der Waals surface area contributed by atoms with Gasteiger partial charge in [0.25, 0.3) is 0 Å². The van der Waals surface area contributed by atoms with Crippen molar-refractivity contribution in [1.82, 2.24) is 24.8 Å². The third kappa shape index (κ3) is 3.75. The highest BCUT2D eigenvalue weighted by molar-refractivity contribution is 6.35. The fraction of sp³-hybridized carbons (Fsp3) is 0.200. The molecule has 1 aliphatic rings. The van der Waals surface area contributed by atoms with Gasteiger partial charge in [-0.1, -0.05) is 35.5 Å². The van der Waals surface area contributed by atoms with Crippen LogP contribution in [0.4, 0.5) is 4.39 Å².